The van der Waals surface area contributed by atoms with E-state index in [1.807, 2.05) is 0 Å². The van der Waals surface area contributed by atoms with Gasteiger partial charge in [0.1, 0.15) is 0 Å². The Hall–Kier alpha value is -1.22. The minimum Gasteiger partial charge on any atom is -0.383 e. The van der Waals surface area contributed by atoms with Crippen LogP contribution < -0.4 is 10.2 Å². The predicted octanol–water partition coefficient (Wildman–Crippen LogP) is 2.18. The van der Waals surface area contributed by atoms with E-state index in [-0.39, 0.29) is 0 Å². The van der Waals surface area contributed by atoms with Crippen LogP contribution in [-0.2, 0) is 6.42 Å². The molecule has 2 aliphatic rings. The monoisotopic (exact) mass is 245 g/mol. The molecule has 1 fully saturated rings. The van der Waals surface area contributed by atoms with Gasteiger partial charge in [0.15, 0.2) is 0 Å². The highest BCUT2D eigenvalue weighted by Crippen LogP contribution is 2.34. The molecule has 1 saturated heterocycles. The molecule has 0 spiro atoms. The molecule has 0 bridgehead atoms. The smallest absolute Gasteiger partial charge is 0.0610 e. The summed E-state index contributed by atoms with van der Waals surface area (Å²) in [6, 6.07) is 7.36. The molecule has 1 aromatic carbocycles. The van der Waals surface area contributed by atoms with E-state index in [0.717, 1.165) is 26.2 Å². The number of hydrogen-bond acceptors (Lipinski definition) is 3. The number of likely N-dealkylation sites (N-methyl/N-ethyl adjacent to an activating group) is 1. The first-order valence-corrected chi connectivity index (χ1v) is 7.06. The summed E-state index contributed by atoms with van der Waals surface area (Å²) in [6.45, 7) is 6.90. The number of aryl methyl sites for hydroxylation is 1. The average Bonchev–Trinajstić information content (AvgIpc) is 2.38. The lowest BCUT2D eigenvalue weighted by Crippen LogP contribution is -2.50. The molecule has 0 aromatic heterocycles. The van der Waals surface area contributed by atoms with Gasteiger partial charge in [-0.05, 0) is 38.4 Å². The number of rotatable bonds is 1. The molecule has 3 heteroatoms. The minimum absolute atomic E-state index is 0.596. The first kappa shape index (κ1) is 11.8. The molecule has 0 aliphatic carbocycles. The Labute approximate surface area is 110 Å². The zero-order valence-electron chi connectivity index (χ0n) is 11.4. The van der Waals surface area contributed by atoms with Gasteiger partial charge in [0.2, 0.25) is 0 Å². The number of piperazine rings is 1. The largest absolute Gasteiger partial charge is 0.383 e. The van der Waals surface area contributed by atoms with Crippen LogP contribution in [0.1, 0.15) is 18.9 Å². The van der Waals surface area contributed by atoms with Gasteiger partial charge in [-0.1, -0.05) is 12.1 Å². The molecule has 0 amide bonds. The van der Waals surface area contributed by atoms with Crippen molar-refractivity contribution in [1.29, 1.82) is 0 Å². The van der Waals surface area contributed by atoms with E-state index in [0.29, 0.717) is 6.04 Å². The lowest BCUT2D eigenvalue weighted by atomic mass is 10.0. The van der Waals surface area contributed by atoms with E-state index < -0.39 is 0 Å². The molecule has 3 rings (SSSR count). The van der Waals surface area contributed by atoms with E-state index in [9.17, 15) is 0 Å². The van der Waals surface area contributed by atoms with E-state index >= 15 is 0 Å². The van der Waals surface area contributed by atoms with Crippen LogP contribution in [0.3, 0.4) is 0 Å². The van der Waals surface area contributed by atoms with Gasteiger partial charge in [0.05, 0.1) is 11.4 Å². The fraction of sp³-hybridized carbons (Fsp3) is 0.600. The van der Waals surface area contributed by atoms with Gasteiger partial charge in [-0.15, -0.1) is 0 Å². The topological polar surface area (TPSA) is 18.5 Å². The highest BCUT2D eigenvalue weighted by molar-refractivity contribution is 5.75. The normalized spacial score (nSPS) is 24.6. The summed E-state index contributed by atoms with van der Waals surface area (Å²) < 4.78 is 0. The molecular formula is C15H23N3. The summed E-state index contributed by atoms with van der Waals surface area (Å²) in [6.07, 6.45) is 2.48. The molecule has 1 unspecified atom stereocenters. The summed E-state index contributed by atoms with van der Waals surface area (Å²) in [7, 11) is 2.21. The number of hydrogen-bond donors (Lipinski definition) is 1. The van der Waals surface area contributed by atoms with E-state index in [1.54, 1.807) is 0 Å². The summed E-state index contributed by atoms with van der Waals surface area (Å²) >= 11 is 0. The fourth-order valence-electron chi connectivity index (χ4n) is 3.23. The maximum absolute atomic E-state index is 3.61. The van der Waals surface area contributed by atoms with Crippen LogP contribution in [-0.4, -0.2) is 44.2 Å². The Balaban J connectivity index is 1.92. The molecule has 2 heterocycles. The van der Waals surface area contributed by atoms with Crippen LogP contribution in [0.2, 0.25) is 0 Å². The molecule has 0 saturated carbocycles. The van der Waals surface area contributed by atoms with Gasteiger partial charge < -0.3 is 15.1 Å². The van der Waals surface area contributed by atoms with Gasteiger partial charge in [-0.25, -0.2) is 0 Å². The van der Waals surface area contributed by atoms with Crippen molar-refractivity contribution in [2.45, 2.75) is 25.8 Å². The summed E-state index contributed by atoms with van der Waals surface area (Å²) in [5.41, 5.74) is 4.29. The van der Waals surface area contributed by atoms with Crippen LogP contribution in [0.15, 0.2) is 18.2 Å². The maximum atomic E-state index is 3.61. The highest BCUT2D eigenvalue weighted by Gasteiger charge is 2.25. The Morgan fingerprint density at radius 1 is 1.28 bits per heavy atom. The number of para-hydroxylation sites is 1. The van der Waals surface area contributed by atoms with Crippen molar-refractivity contribution in [3.8, 4) is 0 Å². The average molecular weight is 245 g/mol. The molecule has 98 valence electrons. The van der Waals surface area contributed by atoms with E-state index in [4.69, 9.17) is 0 Å². The minimum atomic E-state index is 0.596. The quantitative estimate of drug-likeness (QED) is 0.818. The third kappa shape index (κ3) is 2.07. The molecular weight excluding hydrogens is 222 g/mol. The van der Waals surface area contributed by atoms with Crippen LogP contribution in [0, 0.1) is 0 Å². The van der Waals surface area contributed by atoms with Crippen LogP contribution >= 0.6 is 0 Å². The summed E-state index contributed by atoms with van der Waals surface area (Å²) in [4.78, 5) is 4.99. The van der Waals surface area contributed by atoms with Crippen molar-refractivity contribution < 1.29 is 0 Å². The van der Waals surface area contributed by atoms with Gasteiger partial charge in [0.25, 0.3) is 0 Å². The van der Waals surface area contributed by atoms with Crippen molar-refractivity contribution in [2.75, 3.05) is 43.4 Å². The van der Waals surface area contributed by atoms with Gasteiger partial charge >= 0.3 is 0 Å². The fourth-order valence-corrected chi connectivity index (χ4v) is 3.23. The second-order valence-electron chi connectivity index (χ2n) is 5.65. The van der Waals surface area contributed by atoms with E-state index in [1.165, 1.54) is 29.8 Å². The summed E-state index contributed by atoms with van der Waals surface area (Å²) in [5.74, 6) is 0. The Kier molecular flexibility index (Phi) is 3.16. The number of fused-ring (bicyclic) bond motifs is 1. The summed E-state index contributed by atoms with van der Waals surface area (Å²) in [5, 5.41) is 3.61. The van der Waals surface area contributed by atoms with Crippen LogP contribution in [0.5, 0.6) is 0 Å². The third-order valence-corrected chi connectivity index (χ3v) is 4.19. The Morgan fingerprint density at radius 3 is 3.00 bits per heavy atom. The van der Waals surface area contributed by atoms with Crippen molar-refractivity contribution in [1.82, 2.24) is 4.90 Å². The predicted molar refractivity (Wildman–Crippen MR) is 77.6 cm³/mol. The first-order valence-electron chi connectivity index (χ1n) is 7.06. The first-order chi connectivity index (χ1) is 8.75. The molecule has 1 aromatic rings. The van der Waals surface area contributed by atoms with Gasteiger partial charge in [0, 0.05) is 32.2 Å². The second kappa shape index (κ2) is 4.81. The Morgan fingerprint density at radius 2 is 2.17 bits per heavy atom. The standard InChI is InChI=1S/C15H23N3/c1-12-11-17(2)9-10-18(12)14-7-3-5-13-6-4-8-16-15(13)14/h3,5,7,12,16H,4,6,8-11H2,1-2H3. The SMILES string of the molecule is CC1CN(C)CCN1c1cccc2c1NCCC2. The van der Waals surface area contributed by atoms with Crippen molar-refractivity contribution in [2.24, 2.45) is 0 Å². The molecule has 3 nitrogen and oxygen atoms in total. The van der Waals surface area contributed by atoms with Gasteiger partial charge in [-0.3, -0.25) is 0 Å². The lowest BCUT2D eigenvalue weighted by molar-refractivity contribution is 0.275. The molecule has 18 heavy (non-hydrogen) atoms. The zero-order chi connectivity index (χ0) is 12.5. The number of benzene rings is 1. The second-order valence-corrected chi connectivity index (χ2v) is 5.65. The number of nitrogens with zero attached hydrogens (tertiary/aromatic N) is 2. The highest BCUT2D eigenvalue weighted by atomic mass is 15.3. The molecule has 1 atom stereocenters. The molecule has 1 N–H and O–H groups in total. The molecule has 0 radical (unpaired) electrons. The number of anilines is 2. The molecule has 2 aliphatic heterocycles. The van der Waals surface area contributed by atoms with Crippen molar-refractivity contribution >= 4 is 11.4 Å². The number of nitrogens with one attached hydrogen (secondary N) is 1. The van der Waals surface area contributed by atoms with Gasteiger partial charge in [-0.2, -0.15) is 0 Å². The van der Waals surface area contributed by atoms with Crippen LogP contribution in [0.25, 0.3) is 0 Å². The third-order valence-electron chi connectivity index (χ3n) is 4.19. The van der Waals surface area contributed by atoms with Crippen molar-refractivity contribution in [3.05, 3.63) is 23.8 Å². The van der Waals surface area contributed by atoms with Crippen molar-refractivity contribution in [3.63, 3.8) is 0 Å². The van der Waals surface area contributed by atoms with E-state index in [2.05, 4.69) is 47.3 Å². The maximum Gasteiger partial charge on any atom is 0.0610 e. The Bertz CT molecular complexity index is 430. The zero-order valence-corrected chi connectivity index (χ0v) is 11.4. The lowest BCUT2D eigenvalue weighted by Gasteiger charge is -2.41. The van der Waals surface area contributed by atoms with Crippen LogP contribution in [0.4, 0.5) is 11.4 Å².